The number of aliphatic hydroxyl groups excluding tert-OH is 1. The standard InChI is InChI=1S/C18H21N5O4/c1-10(24)23-9-12(25)7-16(23)18(27)22-15(17(19)26)6-11-8-20-13-4-2-3-5-14(13)21-11/h2-5,8,12,15-16,25H,6-7,9H2,1H3,(H2,19,26)(H,22,27)/t12-,15+,16+/m1/s1. The Hall–Kier alpha value is -3.07. The van der Waals surface area contributed by atoms with Crippen molar-refractivity contribution in [3.05, 3.63) is 36.2 Å². The lowest BCUT2D eigenvalue weighted by Crippen LogP contribution is -2.52. The summed E-state index contributed by atoms with van der Waals surface area (Å²) in [7, 11) is 0. The van der Waals surface area contributed by atoms with E-state index in [0.717, 1.165) is 5.52 Å². The molecule has 3 amide bonds. The van der Waals surface area contributed by atoms with E-state index in [0.29, 0.717) is 11.2 Å². The smallest absolute Gasteiger partial charge is 0.243 e. The number of hydrogen-bond acceptors (Lipinski definition) is 6. The van der Waals surface area contributed by atoms with Crippen molar-refractivity contribution in [2.24, 2.45) is 5.73 Å². The third-order valence-corrected chi connectivity index (χ3v) is 4.56. The molecule has 27 heavy (non-hydrogen) atoms. The number of aromatic nitrogens is 2. The second kappa shape index (κ2) is 7.67. The number of carbonyl (C=O) groups is 3. The maximum absolute atomic E-state index is 12.6. The molecule has 9 heteroatoms. The first kappa shape index (κ1) is 18.7. The number of amides is 3. The molecule has 0 aliphatic carbocycles. The molecule has 1 aliphatic rings. The van der Waals surface area contributed by atoms with Crippen molar-refractivity contribution in [1.82, 2.24) is 20.2 Å². The molecule has 2 aromatic rings. The summed E-state index contributed by atoms with van der Waals surface area (Å²) in [5, 5.41) is 12.3. The zero-order chi connectivity index (χ0) is 19.6. The van der Waals surface area contributed by atoms with E-state index in [4.69, 9.17) is 5.73 Å². The molecule has 1 aliphatic heterocycles. The van der Waals surface area contributed by atoms with Crippen molar-refractivity contribution < 1.29 is 19.5 Å². The summed E-state index contributed by atoms with van der Waals surface area (Å²) in [6.07, 6.45) is 0.954. The van der Waals surface area contributed by atoms with Gasteiger partial charge in [-0.05, 0) is 12.1 Å². The van der Waals surface area contributed by atoms with Gasteiger partial charge in [0.05, 0.1) is 22.8 Å². The summed E-state index contributed by atoms with van der Waals surface area (Å²) in [4.78, 5) is 46.1. The molecule has 2 heterocycles. The van der Waals surface area contributed by atoms with E-state index in [9.17, 15) is 19.5 Å². The van der Waals surface area contributed by atoms with Gasteiger partial charge < -0.3 is 21.1 Å². The molecule has 3 rings (SSSR count). The van der Waals surface area contributed by atoms with Gasteiger partial charge in [0.1, 0.15) is 12.1 Å². The van der Waals surface area contributed by atoms with Crippen LogP contribution in [0.4, 0.5) is 0 Å². The van der Waals surface area contributed by atoms with Gasteiger partial charge in [0.25, 0.3) is 0 Å². The van der Waals surface area contributed by atoms with E-state index in [-0.39, 0.29) is 25.3 Å². The number of hydrogen-bond donors (Lipinski definition) is 3. The monoisotopic (exact) mass is 371 g/mol. The van der Waals surface area contributed by atoms with Crippen LogP contribution in [0, 0.1) is 0 Å². The predicted molar refractivity (Wildman–Crippen MR) is 96.2 cm³/mol. The van der Waals surface area contributed by atoms with E-state index in [1.165, 1.54) is 18.0 Å². The Balaban J connectivity index is 1.74. The number of rotatable bonds is 5. The highest BCUT2D eigenvalue weighted by Crippen LogP contribution is 2.18. The first-order valence-corrected chi connectivity index (χ1v) is 8.60. The van der Waals surface area contributed by atoms with Gasteiger partial charge in [0.2, 0.25) is 17.7 Å². The summed E-state index contributed by atoms with van der Waals surface area (Å²) in [6, 6.07) is 5.47. The van der Waals surface area contributed by atoms with Gasteiger partial charge in [0.15, 0.2) is 0 Å². The molecule has 3 atom stereocenters. The molecule has 1 aromatic carbocycles. The number of nitrogens with two attached hydrogens (primary N) is 1. The van der Waals surface area contributed by atoms with E-state index in [1.807, 2.05) is 18.2 Å². The van der Waals surface area contributed by atoms with Crippen molar-refractivity contribution in [1.29, 1.82) is 0 Å². The zero-order valence-corrected chi connectivity index (χ0v) is 14.8. The number of para-hydroxylation sites is 2. The van der Waals surface area contributed by atoms with Crippen LogP contribution in [0.25, 0.3) is 11.0 Å². The largest absolute Gasteiger partial charge is 0.391 e. The number of aliphatic hydroxyl groups is 1. The summed E-state index contributed by atoms with van der Waals surface area (Å²) in [5.74, 6) is -1.56. The molecule has 142 valence electrons. The Bertz CT molecular complexity index is 887. The molecule has 0 radical (unpaired) electrons. The Morgan fingerprint density at radius 2 is 2.04 bits per heavy atom. The molecule has 9 nitrogen and oxygen atoms in total. The third kappa shape index (κ3) is 4.20. The van der Waals surface area contributed by atoms with Gasteiger partial charge in [-0.2, -0.15) is 0 Å². The number of carbonyl (C=O) groups excluding carboxylic acids is 3. The summed E-state index contributed by atoms with van der Waals surface area (Å²) >= 11 is 0. The van der Waals surface area contributed by atoms with Crippen LogP contribution in [-0.4, -0.2) is 62.4 Å². The van der Waals surface area contributed by atoms with Crippen LogP contribution in [0.2, 0.25) is 0 Å². The first-order valence-electron chi connectivity index (χ1n) is 8.60. The Kier molecular flexibility index (Phi) is 5.31. The predicted octanol–water partition coefficient (Wildman–Crippen LogP) is -0.876. The van der Waals surface area contributed by atoms with Crippen LogP contribution in [0.5, 0.6) is 0 Å². The van der Waals surface area contributed by atoms with Gasteiger partial charge in [-0.15, -0.1) is 0 Å². The minimum absolute atomic E-state index is 0.0776. The van der Waals surface area contributed by atoms with Crippen molar-refractivity contribution in [2.75, 3.05) is 6.54 Å². The van der Waals surface area contributed by atoms with Crippen molar-refractivity contribution >= 4 is 28.8 Å². The van der Waals surface area contributed by atoms with Crippen LogP contribution in [0.1, 0.15) is 19.0 Å². The molecule has 0 bridgehead atoms. The van der Waals surface area contributed by atoms with Gasteiger partial charge in [0, 0.05) is 32.5 Å². The molecule has 0 unspecified atom stereocenters. The van der Waals surface area contributed by atoms with Crippen molar-refractivity contribution in [3.8, 4) is 0 Å². The van der Waals surface area contributed by atoms with Gasteiger partial charge in [-0.3, -0.25) is 19.4 Å². The molecular weight excluding hydrogens is 350 g/mol. The molecular formula is C18H21N5O4. The van der Waals surface area contributed by atoms with Crippen LogP contribution < -0.4 is 11.1 Å². The number of likely N-dealkylation sites (tertiary alicyclic amines) is 1. The van der Waals surface area contributed by atoms with Crippen LogP contribution in [-0.2, 0) is 20.8 Å². The molecule has 0 saturated carbocycles. The number of nitrogens with one attached hydrogen (secondary N) is 1. The summed E-state index contributed by atoms with van der Waals surface area (Å²) in [6.45, 7) is 1.42. The van der Waals surface area contributed by atoms with Crippen molar-refractivity contribution in [3.63, 3.8) is 0 Å². The number of primary amides is 1. The van der Waals surface area contributed by atoms with Crippen LogP contribution >= 0.6 is 0 Å². The number of fused-ring (bicyclic) bond motifs is 1. The second-order valence-corrected chi connectivity index (χ2v) is 6.59. The molecule has 1 aromatic heterocycles. The highest BCUT2D eigenvalue weighted by atomic mass is 16.3. The second-order valence-electron chi connectivity index (χ2n) is 6.59. The average Bonchev–Trinajstić information content (AvgIpc) is 3.03. The molecule has 4 N–H and O–H groups in total. The van der Waals surface area contributed by atoms with Crippen LogP contribution in [0.3, 0.4) is 0 Å². The van der Waals surface area contributed by atoms with Crippen molar-refractivity contribution in [2.45, 2.75) is 38.0 Å². The number of benzene rings is 1. The van der Waals surface area contributed by atoms with E-state index >= 15 is 0 Å². The van der Waals surface area contributed by atoms with Gasteiger partial charge in [-0.1, -0.05) is 12.1 Å². The summed E-state index contributed by atoms with van der Waals surface area (Å²) in [5.41, 5.74) is 7.33. The van der Waals surface area contributed by atoms with Gasteiger partial charge in [-0.25, -0.2) is 4.98 Å². The molecule has 0 spiro atoms. The Morgan fingerprint density at radius 1 is 1.33 bits per heavy atom. The Morgan fingerprint density at radius 3 is 2.70 bits per heavy atom. The quantitative estimate of drug-likeness (QED) is 0.624. The fraction of sp³-hybridized carbons (Fsp3) is 0.389. The first-order chi connectivity index (χ1) is 12.8. The highest BCUT2D eigenvalue weighted by Gasteiger charge is 2.38. The maximum atomic E-state index is 12.6. The lowest BCUT2D eigenvalue weighted by molar-refractivity contribution is -0.138. The fourth-order valence-corrected chi connectivity index (χ4v) is 3.20. The lowest BCUT2D eigenvalue weighted by atomic mass is 10.1. The fourth-order valence-electron chi connectivity index (χ4n) is 3.20. The SMILES string of the molecule is CC(=O)N1C[C@H](O)C[C@H]1C(=O)N[C@@H](Cc1cnc2ccccc2n1)C(N)=O. The average molecular weight is 371 g/mol. The van der Waals surface area contributed by atoms with E-state index in [1.54, 1.807) is 6.07 Å². The molecule has 1 saturated heterocycles. The summed E-state index contributed by atoms with van der Waals surface area (Å²) < 4.78 is 0. The van der Waals surface area contributed by atoms with E-state index < -0.39 is 30.0 Å². The number of nitrogens with zero attached hydrogens (tertiary/aromatic N) is 3. The normalized spacial score (nSPS) is 20.4. The number of β-amino-alcohol motifs (C(OH)–C–C–N with tert-alkyl or cyclic N) is 1. The molecule has 1 fully saturated rings. The lowest BCUT2D eigenvalue weighted by Gasteiger charge is -2.24. The van der Waals surface area contributed by atoms with E-state index in [2.05, 4.69) is 15.3 Å². The van der Waals surface area contributed by atoms with Crippen LogP contribution in [0.15, 0.2) is 30.5 Å². The minimum Gasteiger partial charge on any atom is -0.391 e. The topological polar surface area (TPSA) is 139 Å². The minimum atomic E-state index is -1.00. The zero-order valence-electron chi connectivity index (χ0n) is 14.8. The Labute approximate surface area is 155 Å². The maximum Gasteiger partial charge on any atom is 0.243 e. The third-order valence-electron chi connectivity index (χ3n) is 4.56. The highest BCUT2D eigenvalue weighted by molar-refractivity contribution is 5.91. The van der Waals surface area contributed by atoms with Gasteiger partial charge >= 0.3 is 0 Å².